The molecule has 2 aliphatic heterocycles. The zero-order chi connectivity index (χ0) is 26.4. The van der Waals surface area contributed by atoms with E-state index in [4.69, 9.17) is 10.1 Å². The number of amides is 1. The summed E-state index contributed by atoms with van der Waals surface area (Å²) in [7, 11) is 1.65. The molecule has 1 amide bonds. The molecule has 3 aromatic rings. The maximum Gasteiger partial charge on any atom is 0.434 e. The fourth-order valence-corrected chi connectivity index (χ4v) is 5.18. The number of piperidine rings is 1. The summed E-state index contributed by atoms with van der Waals surface area (Å²) in [5.74, 6) is -1.24. The molecule has 3 heterocycles. The predicted octanol–water partition coefficient (Wildman–Crippen LogP) is 4.78. The molecule has 0 saturated carbocycles. The molecule has 11 heteroatoms. The van der Waals surface area contributed by atoms with Gasteiger partial charge in [-0.15, -0.1) is 0 Å². The Labute approximate surface area is 209 Å². The van der Waals surface area contributed by atoms with Crippen molar-refractivity contribution < 1.29 is 27.1 Å². The van der Waals surface area contributed by atoms with Gasteiger partial charge in [0.2, 0.25) is 0 Å². The monoisotopic (exact) mass is 513 g/mol. The van der Waals surface area contributed by atoms with Crippen LogP contribution in [0.15, 0.2) is 59.7 Å². The van der Waals surface area contributed by atoms with Crippen molar-refractivity contribution in [1.82, 2.24) is 14.7 Å². The summed E-state index contributed by atoms with van der Waals surface area (Å²) < 4.78 is 62.5. The molecular formula is C26H23F4N5O2. The van der Waals surface area contributed by atoms with Crippen molar-refractivity contribution in [2.45, 2.75) is 24.6 Å². The van der Waals surface area contributed by atoms with Crippen LogP contribution in [0.4, 0.5) is 17.6 Å². The Morgan fingerprint density at radius 1 is 1.16 bits per heavy atom. The average Bonchev–Trinajstić information content (AvgIpc) is 3.34. The summed E-state index contributed by atoms with van der Waals surface area (Å²) in [6, 6.07) is 11.8. The van der Waals surface area contributed by atoms with Crippen LogP contribution in [0.2, 0.25) is 0 Å². The summed E-state index contributed by atoms with van der Waals surface area (Å²) in [6.07, 6.45) is -2.08. The van der Waals surface area contributed by atoms with E-state index in [1.54, 1.807) is 7.05 Å². The maximum atomic E-state index is 14.1. The lowest BCUT2D eigenvalue weighted by atomic mass is 9.73. The molecule has 0 aliphatic carbocycles. The SMILES string of the molecule is CN=C1c2ccccc2OC2(CCN(C(=O)c3cnn(-c4ccc(F)cc4)c3C(F)(F)F)CC2)C1C=N. The summed E-state index contributed by atoms with van der Waals surface area (Å²) in [5.41, 5.74) is -1.15. The first-order chi connectivity index (χ1) is 17.7. The van der Waals surface area contributed by atoms with Crippen molar-refractivity contribution >= 4 is 17.8 Å². The summed E-state index contributed by atoms with van der Waals surface area (Å²) in [4.78, 5) is 19.1. The number of aromatic nitrogens is 2. The molecule has 37 heavy (non-hydrogen) atoms. The van der Waals surface area contributed by atoms with Crippen molar-refractivity contribution in [2.24, 2.45) is 10.9 Å². The standard InChI is InChI=1S/C26H23F4N5O2/c1-32-22-18-4-2-3-5-21(18)37-25(20(22)14-31)10-12-34(13-11-25)24(36)19-15-33-35(23(19)26(28,29)30)17-8-6-16(27)7-9-17/h2-9,14-15,20,31H,10-13H2,1H3. The first-order valence-corrected chi connectivity index (χ1v) is 11.6. The fourth-order valence-electron chi connectivity index (χ4n) is 5.18. The number of carbonyl (C=O) groups is 1. The first kappa shape index (κ1) is 24.7. The van der Waals surface area contributed by atoms with Gasteiger partial charge < -0.3 is 15.0 Å². The number of ether oxygens (including phenoxy) is 1. The third-order valence-corrected chi connectivity index (χ3v) is 6.98. The van der Waals surface area contributed by atoms with E-state index in [-0.39, 0.29) is 18.8 Å². The highest BCUT2D eigenvalue weighted by molar-refractivity contribution is 6.12. The summed E-state index contributed by atoms with van der Waals surface area (Å²) in [5, 5.41) is 11.9. The Balaban J connectivity index is 1.43. The quantitative estimate of drug-likeness (QED) is 0.404. The van der Waals surface area contributed by atoms with Crippen molar-refractivity contribution in [2.75, 3.05) is 20.1 Å². The zero-order valence-corrected chi connectivity index (χ0v) is 19.8. The molecule has 1 aromatic heterocycles. The molecule has 5 rings (SSSR count). The van der Waals surface area contributed by atoms with E-state index in [0.717, 1.165) is 23.9 Å². The van der Waals surface area contributed by atoms with Gasteiger partial charge >= 0.3 is 6.18 Å². The molecule has 2 aromatic carbocycles. The lowest BCUT2D eigenvalue weighted by molar-refractivity contribution is -0.143. The van der Waals surface area contributed by atoms with Crippen LogP contribution in [0, 0.1) is 17.1 Å². The van der Waals surface area contributed by atoms with Crippen molar-refractivity contribution in [3.63, 3.8) is 0 Å². The van der Waals surface area contributed by atoms with Crippen LogP contribution in [0.3, 0.4) is 0 Å². The number of halogens is 4. The minimum atomic E-state index is -4.87. The molecule has 1 N–H and O–H groups in total. The van der Waals surface area contributed by atoms with E-state index in [0.29, 0.717) is 29.0 Å². The number of benzene rings is 2. The van der Waals surface area contributed by atoms with Crippen LogP contribution in [0.5, 0.6) is 5.75 Å². The predicted molar refractivity (Wildman–Crippen MR) is 128 cm³/mol. The van der Waals surface area contributed by atoms with E-state index in [1.165, 1.54) is 23.2 Å². The van der Waals surface area contributed by atoms with Crippen LogP contribution in [0.1, 0.15) is 34.5 Å². The number of rotatable bonds is 3. The van der Waals surface area contributed by atoms with Crippen LogP contribution >= 0.6 is 0 Å². The van der Waals surface area contributed by atoms with Gasteiger partial charge in [-0.05, 0) is 36.4 Å². The van der Waals surface area contributed by atoms with Crippen molar-refractivity contribution in [3.8, 4) is 11.4 Å². The molecule has 1 unspecified atom stereocenters. The van der Waals surface area contributed by atoms with E-state index in [2.05, 4.69) is 10.1 Å². The first-order valence-electron chi connectivity index (χ1n) is 11.6. The molecule has 1 saturated heterocycles. The van der Waals surface area contributed by atoms with Crippen LogP contribution in [-0.4, -0.2) is 58.3 Å². The van der Waals surface area contributed by atoms with E-state index in [1.807, 2.05) is 24.3 Å². The van der Waals surface area contributed by atoms with Gasteiger partial charge in [-0.25, -0.2) is 9.07 Å². The zero-order valence-electron chi connectivity index (χ0n) is 19.8. The number of fused-ring (bicyclic) bond motifs is 1. The lowest BCUT2D eigenvalue weighted by Gasteiger charge is -2.48. The Morgan fingerprint density at radius 3 is 2.46 bits per heavy atom. The number of hydrogen-bond donors (Lipinski definition) is 1. The fraction of sp³-hybridized carbons (Fsp3) is 0.308. The maximum absolute atomic E-state index is 14.1. The second-order valence-electron chi connectivity index (χ2n) is 9.00. The third kappa shape index (κ3) is 4.17. The lowest BCUT2D eigenvalue weighted by Crippen LogP contribution is -2.58. The molecule has 1 spiro atoms. The Hall–Kier alpha value is -4.02. The molecule has 7 nitrogen and oxygen atoms in total. The minimum Gasteiger partial charge on any atom is -0.485 e. The van der Waals surface area contributed by atoms with E-state index < -0.39 is 40.7 Å². The molecule has 1 atom stereocenters. The minimum absolute atomic E-state index is 0.0140. The smallest absolute Gasteiger partial charge is 0.434 e. The number of alkyl halides is 3. The molecule has 192 valence electrons. The van der Waals surface area contributed by atoms with Crippen molar-refractivity contribution in [1.29, 1.82) is 5.41 Å². The highest BCUT2D eigenvalue weighted by Crippen LogP contribution is 2.43. The number of likely N-dealkylation sites (tertiary alicyclic amines) is 1. The van der Waals surface area contributed by atoms with Gasteiger partial charge in [-0.3, -0.25) is 9.79 Å². The van der Waals surface area contributed by atoms with Gasteiger partial charge in [-0.2, -0.15) is 18.3 Å². The van der Waals surface area contributed by atoms with Gasteiger partial charge in [0.1, 0.15) is 17.2 Å². The summed E-state index contributed by atoms with van der Waals surface area (Å²) in [6.45, 7) is 0.253. The highest BCUT2D eigenvalue weighted by atomic mass is 19.4. The van der Waals surface area contributed by atoms with Crippen LogP contribution in [-0.2, 0) is 6.18 Å². The van der Waals surface area contributed by atoms with E-state index in [9.17, 15) is 22.4 Å². The second kappa shape index (κ2) is 9.13. The number of hydrogen-bond acceptors (Lipinski definition) is 5. The van der Waals surface area contributed by atoms with Gasteiger partial charge in [0, 0.05) is 44.8 Å². The average molecular weight is 513 g/mol. The van der Waals surface area contributed by atoms with E-state index >= 15 is 0 Å². The van der Waals surface area contributed by atoms with Gasteiger partial charge in [-0.1, -0.05) is 12.1 Å². The topological polar surface area (TPSA) is 83.6 Å². The number of nitrogens with one attached hydrogen (secondary N) is 1. The number of aliphatic imine (C=N–C) groups is 1. The largest absolute Gasteiger partial charge is 0.485 e. The Morgan fingerprint density at radius 2 is 1.84 bits per heavy atom. The Bertz CT molecular complexity index is 1370. The third-order valence-electron chi connectivity index (χ3n) is 6.98. The molecular weight excluding hydrogens is 490 g/mol. The van der Waals surface area contributed by atoms with Gasteiger partial charge in [0.25, 0.3) is 5.91 Å². The van der Waals surface area contributed by atoms with Crippen LogP contribution in [0.25, 0.3) is 5.69 Å². The Kier molecular flexibility index (Phi) is 6.09. The molecule has 0 radical (unpaired) electrons. The number of carbonyl (C=O) groups excluding carboxylic acids is 1. The number of para-hydroxylation sites is 1. The molecule has 2 aliphatic rings. The second-order valence-corrected chi connectivity index (χ2v) is 9.00. The molecule has 0 bridgehead atoms. The normalized spacial score (nSPS) is 20.0. The van der Waals surface area contributed by atoms with Crippen LogP contribution < -0.4 is 4.74 Å². The van der Waals surface area contributed by atoms with Gasteiger partial charge in [0.15, 0.2) is 5.69 Å². The summed E-state index contributed by atoms with van der Waals surface area (Å²) >= 11 is 0. The van der Waals surface area contributed by atoms with Gasteiger partial charge in [0.05, 0.1) is 29.1 Å². The highest BCUT2D eigenvalue weighted by Gasteiger charge is 2.50. The molecule has 1 fully saturated rings. The van der Waals surface area contributed by atoms with Crippen molar-refractivity contribution in [3.05, 3.63) is 77.4 Å². The number of nitrogens with zero attached hydrogens (tertiary/aromatic N) is 4.